The zero-order valence-corrected chi connectivity index (χ0v) is 33.8. The zero-order valence-electron chi connectivity index (χ0n) is 32.9. The number of amides is 5. The Morgan fingerprint density at radius 2 is 1.57 bits per heavy atom. The van der Waals surface area contributed by atoms with Crippen LogP contribution >= 0.6 is 0 Å². The molecular formula is C40H60N6O7S. The van der Waals surface area contributed by atoms with E-state index in [0.717, 1.165) is 36.8 Å². The quantitative estimate of drug-likeness (QED) is 0.187. The molecule has 4 N–H and O–H groups in total. The van der Waals surface area contributed by atoms with E-state index in [2.05, 4.69) is 35.1 Å². The highest BCUT2D eigenvalue weighted by Gasteiger charge is 2.70. The minimum absolute atomic E-state index is 0.00619. The highest BCUT2D eigenvalue weighted by Crippen LogP contribution is 2.65. The molecule has 1 aromatic rings. The lowest BCUT2D eigenvalue weighted by atomic mass is 9.86. The van der Waals surface area contributed by atoms with Crippen molar-refractivity contribution in [1.29, 1.82) is 0 Å². The van der Waals surface area contributed by atoms with E-state index in [1.807, 2.05) is 45.0 Å². The molecule has 4 fully saturated rings. The third kappa shape index (κ3) is 8.64. The maximum absolute atomic E-state index is 14.9. The molecule has 3 saturated carbocycles. The van der Waals surface area contributed by atoms with Gasteiger partial charge in [0.2, 0.25) is 27.6 Å². The van der Waals surface area contributed by atoms with Gasteiger partial charge in [0, 0.05) is 31.7 Å². The summed E-state index contributed by atoms with van der Waals surface area (Å²) in [6, 6.07) is 3.99. The average molecular weight is 769 g/mol. The van der Waals surface area contributed by atoms with Gasteiger partial charge in [-0.15, -0.1) is 0 Å². The van der Waals surface area contributed by atoms with Gasteiger partial charge in [0.25, 0.3) is 5.91 Å². The number of rotatable bonds is 16. The predicted molar refractivity (Wildman–Crippen MR) is 204 cm³/mol. The van der Waals surface area contributed by atoms with Crippen LogP contribution in [0.1, 0.15) is 91.7 Å². The van der Waals surface area contributed by atoms with E-state index in [4.69, 9.17) is 0 Å². The first-order valence-corrected chi connectivity index (χ1v) is 21.5. The third-order valence-electron chi connectivity index (χ3n) is 12.7. The van der Waals surface area contributed by atoms with Crippen molar-refractivity contribution >= 4 is 39.6 Å². The van der Waals surface area contributed by atoms with E-state index in [1.165, 1.54) is 4.31 Å². The molecule has 6 atom stereocenters. The zero-order chi connectivity index (χ0) is 39.3. The summed E-state index contributed by atoms with van der Waals surface area (Å²) in [6.45, 7) is 14.0. The van der Waals surface area contributed by atoms with Gasteiger partial charge in [-0.05, 0) is 84.7 Å². The van der Waals surface area contributed by atoms with Gasteiger partial charge < -0.3 is 26.2 Å². The molecule has 5 amide bonds. The highest BCUT2D eigenvalue weighted by molar-refractivity contribution is 7.89. The molecule has 1 heterocycles. The maximum Gasteiger partial charge on any atom is 0.315 e. The molecular weight excluding hydrogens is 709 g/mol. The van der Waals surface area contributed by atoms with Gasteiger partial charge in [-0.3, -0.25) is 19.2 Å². The van der Waals surface area contributed by atoms with Gasteiger partial charge in [0.05, 0.1) is 11.8 Å². The Hall–Kier alpha value is -3.52. The van der Waals surface area contributed by atoms with Gasteiger partial charge in [0.15, 0.2) is 0 Å². The molecule has 54 heavy (non-hydrogen) atoms. The number of carbonyl (C=O) groups excluding carboxylic acids is 5. The topological polar surface area (TPSA) is 174 Å². The first-order valence-electron chi connectivity index (χ1n) is 19.9. The summed E-state index contributed by atoms with van der Waals surface area (Å²) in [4.78, 5) is 71.1. The lowest BCUT2D eigenvalue weighted by Crippen LogP contribution is -2.62. The van der Waals surface area contributed by atoms with Gasteiger partial charge in [-0.2, -0.15) is 0 Å². The summed E-state index contributed by atoms with van der Waals surface area (Å²) >= 11 is 0. The van der Waals surface area contributed by atoms with Crippen molar-refractivity contribution in [3.8, 4) is 0 Å². The summed E-state index contributed by atoms with van der Waals surface area (Å²) < 4.78 is 27.1. The maximum atomic E-state index is 14.9. The second-order valence-corrected chi connectivity index (χ2v) is 20.3. The van der Waals surface area contributed by atoms with Crippen molar-refractivity contribution in [1.82, 2.24) is 30.5 Å². The second-order valence-electron chi connectivity index (χ2n) is 18.0. The van der Waals surface area contributed by atoms with Crippen LogP contribution in [0.15, 0.2) is 24.3 Å². The van der Waals surface area contributed by atoms with E-state index in [9.17, 15) is 32.4 Å². The number of carbonyl (C=O) groups is 5. The normalized spacial score (nSPS) is 24.9. The van der Waals surface area contributed by atoms with Crippen LogP contribution in [0.25, 0.3) is 0 Å². The summed E-state index contributed by atoms with van der Waals surface area (Å²) in [5, 5.41) is 11.7. The molecule has 5 aliphatic rings. The van der Waals surface area contributed by atoms with Crippen molar-refractivity contribution in [3.63, 3.8) is 0 Å². The van der Waals surface area contributed by atoms with Crippen LogP contribution in [0, 0.1) is 34.5 Å². The third-order valence-corrected chi connectivity index (χ3v) is 14.7. The fraction of sp³-hybridized carbons (Fsp3) is 0.725. The van der Waals surface area contributed by atoms with E-state index in [0.29, 0.717) is 25.8 Å². The van der Waals surface area contributed by atoms with Gasteiger partial charge in [-0.25, -0.2) is 17.5 Å². The molecule has 0 radical (unpaired) electrons. The van der Waals surface area contributed by atoms with Crippen LogP contribution in [-0.2, 0) is 42.0 Å². The first kappa shape index (κ1) is 40.2. The number of Topliss-reactive ketones (excluding diaryl/α,β-unsaturated/α-hetero) is 1. The van der Waals surface area contributed by atoms with Crippen molar-refractivity contribution in [2.45, 2.75) is 124 Å². The first-order chi connectivity index (χ1) is 25.3. The highest BCUT2D eigenvalue weighted by atomic mass is 32.2. The molecule has 1 aromatic carbocycles. The van der Waals surface area contributed by atoms with Gasteiger partial charge in [-0.1, -0.05) is 78.6 Å². The number of ketones is 1. The van der Waals surface area contributed by atoms with Crippen LogP contribution in [0.4, 0.5) is 4.79 Å². The van der Waals surface area contributed by atoms with Crippen molar-refractivity contribution in [2.24, 2.45) is 34.5 Å². The Bertz CT molecular complexity index is 1730. The largest absolute Gasteiger partial charge is 0.347 e. The van der Waals surface area contributed by atoms with E-state index < -0.39 is 63.2 Å². The van der Waals surface area contributed by atoms with Crippen molar-refractivity contribution in [3.05, 3.63) is 35.4 Å². The number of sulfonamides is 1. The molecule has 1 unspecified atom stereocenters. The summed E-state index contributed by atoms with van der Waals surface area (Å²) in [7, 11) is -3.52. The van der Waals surface area contributed by atoms with Crippen molar-refractivity contribution < 1.29 is 32.4 Å². The predicted octanol–water partition coefficient (Wildman–Crippen LogP) is 2.77. The number of urea groups is 1. The number of piperidine rings is 1. The molecule has 14 heteroatoms. The standard InChI is InChI=1S/C40H60N6O7S/c1-8-45(54(52,53)9-2)22-30(39(3,4)5)43-38(51)44-32(26-19-24-12-10-11-13-25(24)20-26)37(50)46-21-28-31(40(28,6)7)33(46)35(48)42-29(18-23-14-15-23)34(47)36(49)41-27-16-17-27/h10-13,23,26-33H,8-9,14-22H2,1-7H3,(H,41,49)(H,42,48)(H2,43,44,51)/t28-,29?,30+,31-,32-,33-/m0/s1. The Kier molecular flexibility index (Phi) is 11.3. The molecule has 13 nitrogen and oxygen atoms in total. The molecule has 1 saturated heterocycles. The van der Waals surface area contributed by atoms with Crippen molar-refractivity contribution in [2.75, 3.05) is 25.4 Å². The number of fused-ring (bicyclic) bond motifs is 2. The van der Waals surface area contributed by atoms with E-state index >= 15 is 0 Å². The van der Waals surface area contributed by atoms with Crippen LogP contribution in [0.3, 0.4) is 0 Å². The van der Waals surface area contributed by atoms with Crippen LogP contribution in [-0.4, -0.2) is 103 Å². The van der Waals surface area contributed by atoms with Crippen LogP contribution in [0.5, 0.6) is 0 Å². The summed E-state index contributed by atoms with van der Waals surface area (Å²) in [6.07, 6.45) is 5.06. The smallest absolute Gasteiger partial charge is 0.315 e. The average Bonchev–Trinajstić information content (AvgIpc) is 4.07. The number of nitrogens with one attached hydrogen (secondary N) is 4. The van der Waals surface area contributed by atoms with Crippen LogP contribution < -0.4 is 21.3 Å². The Morgan fingerprint density at radius 1 is 0.944 bits per heavy atom. The molecule has 6 rings (SSSR count). The number of hydrogen-bond acceptors (Lipinski definition) is 7. The molecule has 1 aliphatic heterocycles. The minimum Gasteiger partial charge on any atom is -0.347 e. The number of likely N-dealkylation sites (tertiary alicyclic amines) is 1. The molecule has 0 aromatic heterocycles. The van der Waals surface area contributed by atoms with E-state index in [-0.39, 0.29) is 59.9 Å². The fourth-order valence-electron chi connectivity index (χ4n) is 8.72. The Labute approximate surface area is 320 Å². The summed E-state index contributed by atoms with van der Waals surface area (Å²) in [5.74, 6) is -2.29. The van der Waals surface area contributed by atoms with E-state index in [1.54, 1.807) is 18.7 Å². The molecule has 0 spiro atoms. The van der Waals surface area contributed by atoms with Gasteiger partial charge in [0.1, 0.15) is 12.1 Å². The second kappa shape index (κ2) is 15.2. The lowest BCUT2D eigenvalue weighted by molar-refractivity contribution is -0.144. The summed E-state index contributed by atoms with van der Waals surface area (Å²) in [5.41, 5.74) is 1.48. The fourth-order valence-corrected chi connectivity index (χ4v) is 9.86. The lowest BCUT2D eigenvalue weighted by Gasteiger charge is -2.37. The number of hydrogen-bond donors (Lipinski definition) is 4. The van der Waals surface area contributed by atoms with Crippen LogP contribution in [0.2, 0.25) is 0 Å². The monoisotopic (exact) mass is 768 g/mol. The molecule has 0 bridgehead atoms. The van der Waals surface area contributed by atoms with Gasteiger partial charge >= 0.3 is 6.03 Å². The number of nitrogens with zero attached hydrogens (tertiary/aromatic N) is 2. The number of likely N-dealkylation sites (N-methyl/N-ethyl adjacent to an activating group) is 1. The number of benzene rings is 1. The Morgan fingerprint density at radius 3 is 2.11 bits per heavy atom. The molecule has 4 aliphatic carbocycles. The minimum atomic E-state index is -3.52. The molecule has 298 valence electrons. The SMILES string of the molecule is CCN(C[C@@H](NC(=O)N[C@H](C(=O)N1C[C@H]2[C@@H]([C@H]1C(=O)NC(CC1CC1)C(=O)C(=O)NC1CC1)C2(C)C)C1Cc2ccccc2C1)C(C)(C)C)S(=O)(=O)CC. The Balaban J connectivity index is 1.24.